The first kappa shape index (κ1) is 13.3. The number of ether oxygens (including phenoxy) is 1. The molecule has 0 saturated heterocycles. The van der Waals surface area contributed by atoms with Gasteiger partial charge in [0.2, 0.25) is 11.8 Å². The van der Waals surface area contributed by atoms with Crippen LogP contribution in [0.2, 0.25) is 0 Å². The zero-order valence-corrected chi connectivity index (χ0v) is 11.3. The van der Waals surface area contributed by atoms with Crippen molar-refractivity contribution < 1.29 is 13.2 Å². The Hall–Kier alpha value is -2.15. The molecule has 1 aromatic heterocycles. The Morgan fingerprint density at radius 2 is 2.05 bits per heavy atom. The van der Waals surface area contributed by atoms with E-state index < -0.39 is 9.84 Å². The lowest BCUT2D eigenvalue weighted by molar-refractivity contribution is 0.460. The van der Waals surface area contributed by atoms with Crippen LogP contribution in [0.4, 0.5) is 5.95 Å². The van der Waals surface area contributed by atoms with Gasteiger partial charge in [0.05, 0.1) is 4.90 Å². The Labute approximate surface area is 111 Å². The quantitative estimate of drug-likeness (QED) is 0.917. The largest absolute Gasteiger partial charge is 0.439 e. The molecule has 0 radical (unpaired) electrons. The van der Waals surface area contributed by atoms with E-state index in [4.69, 9.17) is 4.74 Å². The fraction of sp³-hybridized carbons (Fsp3) is 0.167. The van der Waals surface area contributed by atoms with Crippen LogP contribution >= 0.6 is 0 Å². The number of nitrogens with zero attached hydrogens (tertiary/aromatic N) is 2. The Bertz CT molecular complexity index is 686. The number of hydrogen-bond donors (Lipinski definition) is 1. The van der Waals surface area contributed by atoms with Crippen molar-refractivity contribution in [1.29, 1.82) is 0 Å². The van der Waals surface area contributed by atoms with E-state index in [9.17, 15) is 8.42 Å². The van der Waals surface area contributed by atoms with Crippen LogP contribution in [-0.4, -0.2) is 31.7 Å². The minimum atomic E-state index is -3.26. The molecule has 0 amide bonds. The lowest BCUT2D eigenvalue weighted by atomic mass is 10.3. The third kappa shape index (κ3) is 3.41. The molecule has 0 unspecified atom stereocenters. The highest BCUT2D eigenvalue weighted by Crippen LogP contribution is 2.22. The summed E-state index contributed by atoms with van der Waals surface area (Å²) < 4.78 is 28.4. The van der Waals surface area contributed by atoms with E-state index in [0.29, 0.717) is 17.6 Å². The summed E-state index contributed by atoms with van der Waals surface area (Å²) >= 11 is 0. The molecule has 2 aromatic rings. The fourth-order valence-corrected chi connectivity index (χ4v) is 2.06. The molecule has 0 fully saturated rings. The van der Waals surface area contributed by atoms with Gasteiger partial charge in [0.15, 0.2) is 9.84 Å². The van der Waals surface area contributed by atoms with Crippen LogP contribution in [0.25, 0.3) is 0 Å². The van der Waals surface area contributed by atoms with Crippen LogP contribution < -0.4 is 10.1 Å². The fourth-order valence-electron chi connectivity index (χ4n) is 1.41. The summed E-state index contributed by atoms with van der Waals surface area (Å²) in [5.41, 5.74) is 0. The summed E-state index contributed by atoms with van der Waals surface area (Å²) in [6, 6.07) is 7.84. The molecule has 0 spiro atoms. The van der Waals surface area contributed by atoms with Crippen molar-refractivity contribution in [3.63, 3.8) is 0 Å². The van der Waals surface area contributed by atoms with Gasteiger partial charge in [-0.3, -0.25) is 0 Å². The molecule has 6 nitrogen and oxygen atoms in total. The molecule has 0 aliphatic carbocycles. The molecule has 0 saturated carbocycles. The van der Waals surface area contributed by atoms with Crippen molar-refractivity contribution in [2.45, 2.75) is 4.90 Å². The molecular formula is C12H13N3O3S. The van der Waals surface area contributed by atoms with E-state index in [2.05, 4.69) is 15.3 Å². The summed E-state index contributed by atoms with van der Waals surface area (Å²) in [6.45, 7) is 0. The van der Waals surface area contributed by atoms with Crippen LogP contribution in [-0.2, 0) is 9.84 Å². The van der Waals surface area contributed by atoms with Crippen LogP contribution in [0.3, 0.4) is 0 Å². The molecule has 0 aliphatic rings. The number of benzene rings is 1. The van der Waals surface area contributed by atoms with Gasteiger partial charge in [0.25, 0.3) is 0 Å². The second-order valence-electron chi connectivity index (χ2n) is 3.82. The van der Waals surface area contributed by atoms with Crippen molar-refractivity contribution in [3.05, 3.63) is 36.5 Å². The van der Waals surface area contributed by atoms with Crippen LogP contribution in [0.5, 0.6) is 11.6 Å². The smallest absolute Gasteiger partial charge is 0.225 e. The van der Waals surface area contributed by atoms with Crippen LogP contribution in [0.15, 0.2) is 41.4 Å². The van der Waals surface area contributed by atoms with Crippen molar-refractivity contribution in [3.8, 4) is 11.6 Å². The maximum absolute atomic E-state index is 11.4. The van der Waals surface area contributed by atoms with E-state index in [1.54, 1.807) is 31.4 Å². The zero-order valence-electron chi connectivity index (χ0n) is 10.5. The Morgan fingerprint density at radius 1 is 1.26 bits per heavy atom. The summed E-state index contributed by atoms with van der Waals surface area (Å²) in [5.74, 6) is 1.17. The number of rotatable bonds is 4. The predicted octanol–water partition coefficient (Wildman–Crippen LogP) is 1.71. The number of hydrogen-bond acceptors (Lipinski definition) is 6. The van der Waals surface area contributed by atoms with Gasteiger partial charge in [0, 0.05) is 25.6 Å². The van der Waals surface area contributed by atoms with Gasteiger partial charge in [-0.2, -0.15) is 4.98 Å². The van der Waals surface area contributed by atoms with Gasteiger partial charge < -0.3 is 10.1 Å². The molecule has 1 heterocycles. The van der Waals surface area contributed by atoms with E-state index in [-0.39, 0.29) is 4.90 Å². The number of anilines is 1. The highest BCUT2D eigenvalue weighted by Gasteiger charge is 2.08. The van der Waals surface area contributed by atoms with E-state index >= 15 is 0 Å². The maximum atomic E-state index is 11.4. The van der Waals surface area contributed by atoms with Crippen molar-refractivity contribution in [2.24, 2.45) is 0 Å². The van der Waals surface area contributed by atoms with Crippen molar-refractivity contribution in [2.75, 3.05) is 18.6 Å². The highest BCUT2D eigenvalue weighted by molar-refractivity contribution is 7.90. The molecule has 0 atom stereocenters. The third-order valence-corrected chi connectivity index (χ3v) is 3.42. The number of aromatic nitrogens is 2. The summed E-state index contributed by atoms with van der Waals surface area (Å²) in [4.78, 5) is 8.24. The molecule has 0 bridgehead atoms. The van der Waals surface area contributed by atoms with Gasteiger partial charge in [0.1, 0.15) is 5.75 Å². The minimum Gasteiger partial charge on any atom is -0.439 e. The Balaban J connectivity index is 2.28. The van der Waals surface area contributed by atoms with Gasteiger partial charge in [-0.25, -0.2) is 13.4 Å². The standard InChI is InChI=1S/C12H13N3O3S/c1-13-12-14-7-6-11(15-12)18-9-4-3-5-10(8-9)19(2,16)17/h3-8H,1-2H3,(H,13,14,15). The normalized spacial score (nSPS) is 11.1. The number of nitrogens with one attached hydrogen (secondary N) is 1. The van der Waals surface area contributed by atoms with E-state index in [1.165, 1.54) is 12.1 Å². The zero-order chi connectivity index (χ0) is 13.9. The second-order valence-corrected chi connectivity index (χ2v) is 5.83. The van der Waals surface area contributed by atoms with Gasteiger partial charge in [-0.05, 0) is 18.2 Å². The molecule has 19 heavy (non-hydrogen) atoms. The highest BCUT2D eigenvalue weighted by atomic mass is 32.2. The molecule has 100 valence electrons. The van der Waals surface area contributed by atoms with E-state index in [1.807, 2.05) is 0 Å². The van der Waals surface area contributed by atoms with Gasteiger partial charge in [-0.15, -0.1) is 0 Å². The summed E-state index contributed by atoms with van der Waals surface area (Å²) in [5, 5.41) is 2.79. The predicted molar refractivity (Wildman–Crippen MR) is 71.2 cm³/mol. The molecule has 1 N–H and O–H groups in total. The molecule has 2 rings (SSSR count). The van der Waals surface area contributed by atoms with E-state index in [0.717, 1.165) is 6.26 Å². The maximum Gasteiger partial charge on any atom is 0.225 e. The number of sulfone groups is 1. The van der Waals surface area contributed by atoms with Gasteiger partial charge in [-0.1, -0.05) is 6.07 Å². The molecular weight excluding hydrogens is 266 g/mol. The molecule has 7 heteroatoms. The van der Waals surface area contributed by atoms with Crippen molar-refractivity contribution in [1.82, 2.24) is 9.97 Å². The SMILES string of the molecule is CNc1nccc(Oc2cccc(S(C)(=O)=O)c2)n1. The molecule has 0 aliphatic heterocycles. The first-order chi connectivity index (χ1) is 8.99. The Morgan fingerprint density at radius 3 is 2.74 bits per heavy atom. The summed E-state index contributed by atoms with van der Waals surface area (Å²) in [6.07, 6.45) is 2.70. The summed E-state index contributed by atoms with van der Waals surface area (Å²) in [7, 11) is -1.56. The Kier molecular flexibility index (Phi) is 3.66. The molecule has 1 aromatic carbocycles. The van der Waals surface area contributed by atoms with Crippen LogP contribution in [0, 0.1) is 0 Å². The topological polar surface area (TPSA) is 81.2 Å². The first-order valence-corrected chi connectivity index (χ1v) is 7.37. The monoisotopic (exact) mass is 279 g/mol. The lowest BCUT2D eigenvalue weighted by Crippen LogP contribution is -1.99. The lowest BCUT2D eigenvalue weighted by Gasteiger charge is -2.07. The third-order valence-electron chi connectivity index (χ3n) is 2.31. The van der Waals surface area contributed by atoms with Crippen molar-refractivity contribution >= 4 is 15.8 Å². The average Bonchev–Trinajstić information content (AvgIpc) is 2.38. The average molecular weight is 279 g/mol. The second kappa shape index (κ2) is 5.23. The van der Waals surface area contributed by atoms with Crippen LogP contribution in [0.1, 0.15) is 0 Å². The minimum absolute atomic E-state index is 0.202. The van der Waals surface area contributed by atoms with Gasteiger partial charge >= 0.3 is 0 Å². The first-order valence-electron chi connectivity index (χ1n) is 5.48.